The molecule has 3 aliphatic heterocycles. The minimum absolute atomic E-state index is 0.0620. The summed E-state index contributed by atoms with van der Waals surface area (Å²) in [5.41, 5.74) is 0.156. The molecule has 1 aromatic rings. The summed E-state index contributed by atoms with van der Waals surface area (Å²) >= 11 is 0. The second-order valence-electron chi connectivity index (χ2n) is 10.5. The molecule has 1 spiro atoms. The summed E-state index contributed by atoms with van der Waals surface area (Å²) in [5.74, 6) is -0.695. The van der Waals surface area contributed by atoms with Crippen molar-refractivity contribution >= 4 is 23.3 Å². The van der Waals surface area contributed by atoms with Crippen LogP contribution in [-0.2, 0) is 25.3 Å². The number of amides is 1. The fraction of sp³-hybridized carbons (Fsp3) is 0.483. The number of nitrogens with zero attached hydrogens (tertiary/aromatic N) is 3. The van der Waals surface area contributed by atoms with Gasteiger partial charge in [-0.1, -0.05) is 24.3 Å². The van der Waals surface area contributed by atoms with Gasteiger partial charge >= 0.3 is 12.1 Å². The molecule has 4 aliphatic rings. The molecule has 2 saturated heterocycles. The average Bonchev–Trinajstić information content (AvgIpc) is 3.18. The number of rotatable bonds is 5. The minimum atomic E-state index is -4.42. The first-order chi connectivity index (χ1) is 18.6. The number of anilines is 1. The van der Waals surface area contributed by atoms with Gasteiger partial charge in [0.05, 0.1) is 17.7 Å². The second-order valence-corrected chi connectivity index (χ2v) is 10.5. The number of carbonyl (C=O) groups excluding carboxylic acids is 3. The zero-order valence-corrected chi connectivity index (χ0v) is 21.9. The van der Waals surface area contributed by atoms with E-state index in [2.05, 4.69) is 0 Å². The van der Waals surface area contributed by atoms with E-state index in [1.807, 2.05) is 28.0 Å². The van der Waals surface area contributed by atoms with E-state index in [0.717, 1.165) is 30.5 Å². The summed E-state index contributed by atoms with van der Waals surface area (Å²) in [5, 5.41) is 0. The molecular weight excluding hydrogens is 511 g/mol. The number of hydrogen-bond acceptors (Lipinski definition) is 6. The van der Waals surface area contributed by atoms with E-state index in [0.29, 0.717) is 68.9 Å². The summed E-state index contributed by atoms with van der Waals surface area (Å²) in [6.07, 6.45) is 4.05. The molecule has 5 rings (SSSR count). The van der Waals surface area contributed by atoms with Gasteiger partial charge in [-0.3, -0.25) is 14.5 Å². The number of halogens is 3. The summed E-state index contributed by atoms with van der Waals surface area (Å²) in [4.78, 5) is 44.5. The van der Waals surface area contributed by atoms with Gasteiger partial charge in [0.1, 0.15) is 5.60 Å². The molecule has 0 radical (unpaired) electrons. The van der Waals surface area contributed by atoms with Gasteiger partial charge in [0.15, 0.2) is 5.78 Å². The lowest BCUT2D eigenvalue weighted by molar-refractivity contribution is -0.152. The monoisotopic (exact) mass is 543 g/mol. The number of carbonyl (C=O) groups is 3. The van der Waals surface area contributed by atoms with E-state index in [9.17, 15) is 27.6 Å². The van der Waals surface area contributed by atoms with Crippen LogP contribution in [0.15, 0.2) is 59.2 Å². The van der Waals surface area contributed by atoms with Crippen LogP contribution in [0.4, 0.5) is 18.9 Å². The Morgan fingerprint density at radius 3 is 2.38 bits per heavy atom. The smallest absolute Gasteiger partial charge is 0.416 e. The minimum Gasteiger partial charge on any atom is -0.450 e. The molecule has 0 aromatic heterocycles. The zero-order chi connectivity index (χ0) is 27.8. The number of ether oxygens (including phenoxy) is 1. The Hall–Kier alpha value is -3.40. The highest BCUT2D eigenvalue weighted by molar-refractivity contribution is 6.07. The Labute approximate surface area is 225 Å². The lowest BCUT2D eigenvalue weighted by atomic mass is 9.82. The number of piperazine rings is 1. The van der Waals surface area contributed by atoms with Crippen molar-refractivity contribution < 1.29 is 32.3 Å². The third-order valence-electron chi connectivity index (χ3n) is 8.09. The fourth-order valence-electron chi connectivity index (χ4n) is 5.85. The Kier molecular flexibility index (Phi) is 7.41. The van der Waals surface area contributed by atoms with E-state index in [4.69, 9.17) is 4.74 Å². The SMILES string of the molecule is CC1=C(C(=O)N2CCN(c3cccc(C(F)(F)F)c3)CC2)C2(CCN(CC(=O)C3=CCCC=C3)CC2)OC1=O. The maximum Gasteiger partial charge on any atom is 0.416 e. The molecule has 0 unspecified atom stereocenters. The lowest BCUT2D eigenvalue weighted by Gasteiger charge is -2.41. The van der Waals surface area contributed by atoms with Crippen LogP contribution in [0.2, 0.25) is 0 Å². The summed E-state index contributed by atoms with van der Waals surface area (Å²) in [7, 11) is 0. The molecule has 208 valence electrons. The second kappa shape index (κ2) is 10.6. The van der Waals surface area contributed by atoms with Crippen LogP contribution in [0.3, 0.4) is 0 Å². The molecule has 0 N–H and O–H groups in total. The van der Waals surface area contributed by atoms with Crippen molar-refractivity contribution in [2.75, 3.05) is 50.7 Å². The number of piperidine rings is 1. The van der Waals surface area contributed by atoms with E-state index < -0.39 is 23.3 Å². The van der Waals surface area contributed by atoms with Crippen LogP contribution in [-0.4, -0.2) is 78.9 Å². The van der Waals surface area contributed by atoms with E-state index in [1.165, 1.54) is 6.07 Å². The molecule has 0 atom stereocenters. The van der Waals surface area contributed by atoms with Crippen molar-refractivity contribution in [3.05, 3.63) is 64.8 Å². The fourth-order valence-corrected chi connectivity index (χ4v) is 5.85. The molecule has 10 heteroatoms. The van der Waals surface area contributed by atoms with Gasteiger partial charge in [0, 0.05) is 68.9 Å². The molecule has 7 nitrogen and oxygen atoms in total. The van der Waals surface area contributed by atoms with E-state index >= 15 is 0 Å². The van der Waals surface area contributed by atoms with Crippen molar-refractivity contribution in [1.29, 1.82) is 0 Å². The summed E-state index contributed by atoms with van der Waals surface area (Å²) in [6, 6.07) is 5.19. The topological polar surface area (TPSA) is 70.2 Å². The third kappa shape index (κ3) is 5.52. The van der Waals surface area contributed by atoms with Gasteiger partial charge in [0.2, 0.25) is 0 Å². The zero-order valence-electron chi connectivity index (χ0n) is 21.9. The summed E-state index contributed by atoms with van der Waals surface area (Å²) in [6.45, 7) is 4.32. The van der Waals surface area contributed by atoms with Gasteiger partial charge in [-0.25, -0.2) is 4.79 Å². The molecule has 3 heterocycles. The third-order valence-corrected chi connectivity index (χ3v) is 8.09. The number of benzene rings is 1. The number of likely N-dealkylation sites (tertiary alicyclic amines) is 1. The van der Waals surface area contributed by atoms with Crippen molar-refractivity contribution in [3.63, 3.8) is 0 Å². The van der Waals surface area contributed by atoms with E-state index in [1.54, 1.807) is 17.9 Å². The summed E-state index contributed by atoms with van der Waals surface area (Å²) < 4.78 is 45.3. The predicted octanol–water partition coefficient (Wildman–Crippen LogP) is 3.91. The van der Waals surface area contributed by atoms with Crippen molar-refractivity contribution in [1.82, 2.24) is 9.80 Å². The van der Waals surface area contributed by atoms with Crippen molar-refractivity contribution in [2.24, 2.45) is 0 Å². The molecule has 0 saturated carbocycles. The van der Waals surface area contributed by atoms with Gasteiger partial charge < -0.3 is 14.5 Å². The number of Topliss-reactive ketones (excluding diaryl/α,β-unsaturated/α-hetero) is 1. The highest BCUT2D eigenvalue weighted by Gasteiger charge is 2.52. The lowest BCUT2D eigenvalue weighted by Crippen LogP contribution is -2.53. The molecule has 0 bridgehead atoms. The highest BCUT2D eigenvalue weighted by Crippen LogP contribution is 2.42. The standard InChI is InChI=1S/C29H32F3N3O4/c1-20-25(26(37)35-16-14-34(15-17-35)23-9-5-8-22(18-23)29(30,31)32)28(39-27(20)38)10-12-33(13-11-28)19-24(36)21-6-3-2-4-7-21/h3,5-9,18H,2,4,10-17,19H2,1H3. The quantitative estimate of drug-likeness (QED) is 0.525. The highest BCUT2D eigenvalue weighted by atomic mass is 19.4. The molecular formula is C29H32F3N3O4. The van der Waals surface area contributed by atoms with Crippen molar-refractivity contribution in [3.8, 4) is 0 Å². The molecule has 1 aromatic carbocycles. The molecule has 39 heavy (non-hydrogen) atoms. The largest absolute Gasteiger partial charge is 0.450 e. The van der Waals surface area contributed by atoms with Crippen LogP contribution in [0.5, 0.6) is 0 Å². The Bertz CT molecular complexity index is 1250. The van der Waals surface area contributed by atoms with E-state index in [-0.39, 0.29) is 18.2 Å². The first-order valence-corrected chi connectivity index (χ1v) is 13.4. The number of esters is 1. The van der Waals surface area contributed by atoms with Crippen molar-refractivity contribution in [2.45, 2.75) is 44.4 Å². The van der Waals surface area contributed by atoms with Crippen LogP contribution < -0.4 is 4.90 Å². The van der Waals surface area contributed by atoms with Gasteiger partial charge in [-0.05, 0) is 38.0 Å². The first-order valence-electron chi connectivity index (χ1n) is 13.4. The Morgan fingerprint density at radius 1 is 1.03 bits per heavy atom. The Morgan fingerprint density at radius 2 is 1.74 bits per heavy atom. The molecule has 2 fully saturated rings. The molecule has 1 amide bonds. The number of allylic oxidation sites excluding steroid dienone is 3. The Balaban J connectivity index is 1.23. The van der Waals surface area contributed by atoms with Crippen LogP contribution in [0.1, 0.15) is 38.2 Å². The average molecular weight is 544 g/mol. The number of ketones is 1. The van der Waals surface area contributed by atoms with Crippen LogP contribution >= 0.6 is 0 Å². The van der Waals surface area contributed by atoms with Crippen LogP contribution in [0.25, 0.3) is 0 Å². The van der Waals surface area contributed by atoms with Gasteiger partial charge in [-0.2, -0.15) is 13.2 Å². The van der Waals surface area contributed by atoms with Gasteiger partial charge in [0.25, 0.3) is 5.91 Å². The molecule has 1 aliphatic carbocycles. The van der Waals surface area contributed by atoms with Gasteiger partial charge in [-0.15, -0.1) is 0 Å². The normalized spacial score (nSPS) is 21.8. The number of alkyl halides is 3. The van der Waals surface area contributed by atoms with Crippen LogP contribution in [0, 0.1) is 0 Å². The predicted molar refractivity (Wildman–Crippen MR) is 139 cm³/mol. The maximum absolute atomic E-state index is 13.7. The number of hydrogen-bond donors (Lipinski definition) is 0. The first kappa shape index (κ1) is 27.2. The maximum atomic E-state index is 13.7.